The van der Waals surface area contributed by atoms with Crippen LogP contribution in [0.15, 0.2) is 16.8 Å². The molecule has 2 heterocycles. The molecule has 2 aromatic heterocycles. The predicted octanol–water partition coefficient (Wildman–Crippen LogP) is 3.15. The molecule has 78 valence electrons. The zero-order chi connectivity index (χ0) is 11.0. The van der Waals surface area contributed by atoms with Gasteiger partial charge in [-0.05, 0) is 19.9 Å². The summed E-state index contributed by atoms with van der Waals surface area (Å²) in [7, 11) is 0. The molecule has 0 spiro atoms. The van der Waals surface area contributed by atoms with Crippen LogP contribution in [0.25, 0.3) is 11.1 Å². The molecule has 0 aromatic carbocycles. The number of rotatable bonds is 1. The minimum absolute atomic E-state index is 0.318. The Balaban J connectivity index is 2.68. The van der Waals surface area contributed by atoms with Gasteiger partial charge in [0.15, 0.2) is 0 Å². The SMILES string of the molecule is Cc1noc(C)c1-c1cc(Cl)cnc1F. The van der Waals surface area contributed by atoms with Gasteiger partial charge >= 0.3 is 0 Å². The smallest absolute Gasteiger partial charge is 0.221 e. The van der Waals surface area contributed by atoms with Crippen molar-refractivity contribution in [3.05, 3.63) is 34.7 Å². The number of aryl methyl sites for hydroxylation is 2. The summed E-state index contributed by atoms with van der Waals surface area (Å²) >= 11 is 5.76. The Morgan fingerprint density at radius 3 is 2.73 bits per heavy atom. The van der Waals surface area contributed by atoms with Crippen LogP contribution in [0.1, 0.15) is 11.5 Å². The summed E-state index contributed by atoms with van der Waals surface area (Å²) in [5.41, 5.74) is 1.55. The van der Waals surface area contributed by atoms with Gasteiger partial charge in [-0.25, -0.2) is 4.98 Å². The first kappa shape index (κ1) is 10.1. The first-order chi connectivity index (χ1) is 7.09. The monoisotopic (exact) mass is 226 g/mol. The Morgan fingerprint density at radius 1 is 1.40 bits per heavy atom. The summed E-state index contributed by atoms with van der Waals surface area (Å²) in [5, 5.41) is 4.13. The fourth-order valence-electron chi connectivity index (χ4n) is 1.47. The molecule has 0 aliphatic rings. The lowest BCUT2D eigenvalue weighted by Crippen LogP contribution is -1.90. The van der Waals surface area contributed by atoms with Gasteiger partial charge < -0.3 is 4.52 Å². The van der Waals surface area contributed by atoms with Gasteiger partial charge in [-0.1, -0.05) is 16.8 Å². The van der Waals surface area contributed by atoms with Crippen molar-refractivity contribution in [2.45, 2.75) is 13.8 Å². The highest BCUT2D eigenvalue weighted by Crippen LogP contribution is 2.29. The number of aromatic nitrogens is 2. The van der Waals surface area contributed by atoms with Crippen LogP contribution >= 0.6 is 11.6 Å². The van der Waals surface area contributed by atoms with E-state index in [1.807, 2.05) is 0 Å². The minimum atomic E-state index is -0.575. The molecule has 0 aliphatic carbocycles. The Labute approximate surface area is 90.9 Å². The van der Waals surface area contributed by atoms with Crippen LogP contribution in [-0.4, -0.2) is 10.1 Å². The molecule has 0 aliphatic heterocycles. The van der Waals surface area contributed by atoms with Gasteiger partial charge in [0, 0.05) is 11.8 Å². The summed E-state index contributed by atoms with van der Waals surface area (Å²) < 4.78 is 18.4. The van der Waals surface area contributed by atoms with E-state index in [1.165, 1.54) is 12.3 Å². The zero-order valence-corrected chi connectivity index (χ0v) is 8.97. The van der Waals surface area contributed by atoms with Crippen molar-refractivity contribution in [2.75, 3.05) is 0 Å². The molecule has 2 aromatic rings. The third kappa shape index (κ3) is 1.72. The van der Waals surface area contributed by atoms with Crippen LogP contribution in [-0.2, 0) is 0 Å². The maximum Gasteiger partial charge on any atom is 0.221 e. The second-order valence-corrected chi connectivity index (χ2v) is 3.63. The van der Waals surface area contributed by atoms with E-state index >= 15 is 0 Å². The molecule has 15 heavy (non-hydrogen) atoms. The molecule has 0 unspecified atom stereocenters. The largest absolute Gasteiger partial charge is 0.361 e. The molecular weight excluding hydrogens is 219 g/mol. The molecule has 0 N–H and O–H groups in total. The highest BCUT2D eigenvalue weighted by molar-refractivity contribution is 6.30. The molecule has 0 bridgehead atoms. The van der Waals surface area contributed by atoms with Gasteiger partial charge in [0.25, 0.3) is 0 Å². The maximum absolute atomic E-state index is 13.5. The first-order valence-electron chi connectivity index (χ1n) is 4.34. The second-order valence-electron chi connectivity index (χ2n) is 3.19. The van der Waals surface area contributed by atoms with Gasteiger partial charge in [0.05, 0.1) is 16.3 Å². The third-order valence-corrected chi connectivity index (χ3v) is 2.32. The number of halogens is 2. The summed E-state index contributed by atoms with van der Waals surface area (Å²) in [6.07, 6.45) is 1.26. The molecule has 2 rings (SSSR count). The second kappa shape index (κ2) is 3.62. The normalized spacial score (nSPS) is 10.7. The fourth-order valence-corrected chi connectivity index (χ4v) is 1.62. The molecule has 0 fully saturated rings. The van der Waals surface area contributed by atoms with E-state index < -0.39 is 5.95 Å². The lowest BCUT2D eigenvalue weighted by Gasteiger charge is -2.01. The highest BCUT2D eigenvalue weighted by atomic mass is 35.5. The molecule has 5 heteroatoms. The minimum Gasteiger partial charge on any atom is -0.361 e. The van der Waals surface area contributed by atoms with E-state index in [2.05, 4.69) is 10.1 Å². The van der Waals surface area contributed by atoms with E-state index in [4.69, 9.17) is 16.1 Å². The number of nitrogens with zero attached hydrogens (tertiary/aromatic N) is 2. The van der Waals surface area contributed by atoms with Crippen molar-refractivity contribution in [2.24, 2.45) is 0 Å². The van der Waals surface area contributed by atoms with Gasteiger partial charge in [-0.2, -0.15) is 4.39 Å². The van der Waals surface area contributed by atoms with E-state index in [0.29, 0.717) is 27.6 Å². The topological polar surface area (TPSA) is 38.9 Å². The number of hydrogen-bond donors (Lipinski definition) is 0. The van der Waals surface area contributed by atoms with Gasteiger partial charge in [0.2, 0.25) is 5.95 Å². The summed E-state index contributed by atoms with van der Waals surface area (Å²) in [4.78, 5) is 3.55. The molecule has 0 saturated carbocycles. The van der Waals surface area contributed by atoms with Crippen molar-refractivity contribution in [3.8, 4) is 11.1 Å². The van der Waals surface area contributed by atoms with Crippen molar-refractivity contribution < 1.29 is 8.91 Å². The average molecular weight is 227 g/mol. The fraction of sp³-hybridized carbons (Fsp3) is 0.200. The standard InChI is InChI=1S/C10H8ClFN2O/c1-5-9(6(2)15-14-5)8-3-7(11)4-13-10(8)12/h3-4H,1-2H3. The molecule has 0 radical (unpaired) electrons. The lowest BCUT2D eigenvalue weighted by atomic mass is 10.1. The van der Waals surface area contributed by atoms with Crippen LogP contribution in [0.4, 0.5) is 4.39 Å². The molecule has 3 nitrogen and oxygen atoms in total. The lowest BCUT2D eigenvalue weighted by molar-refractivity contribution is 0.393. The van der Waals surface area contributed by atoms with Crippen LogP contribution in [0, 0.1) is 19.8 Å². The van der Waals surface area contributed by atoms with E-state index in [1.54, 1.807) is 13.8 Å². The number of hydrogen-bond acceptors (Lipinski definition) is 3. The maximum atomic E-state index is 13.5. The van der Waals surface area contributed by atoms with Crippen molar-refractivity contribution in [3.63, 3.8) is 0 Å². The molecule has 0 amide bonds. The van der Waals surface area contributed by atoms with Crippen LogP contribution < -0.4 is 0 Å². The quantitative estimate of drug-likeness (QED) is 0.702. The van der Waals surface area contributed by atoms with Crippen molar-refractivity contribution in [1.29, 1.82) is 0 Å². The first-order valence-corrected chi connectivity index (χ1v) is 4.71. The molecule has 0 atom stereocenters. The van der Waals surface area contributed by atoms with Gasteiger partial charge in [-0.3, -0.25) is 0 Å². The van der Waals surface area contributed by atoms with Crippen LogP contribution in [0.3, 0.4) is 0 Å². The van der Waals surface area contributed by atoms with Crippen molar-refractivity contribution >= 4 is 11.6 Å². The summed E-state index contributed by atoms with van der Waals surface area (Å²) in [5.74, 6) is -0.0238. The van der Waals surface area contributed by atoms with E-state index in [-0.39, 0.29) is 0 Å². The summed E-state index contributed by atoms with van der Waals surface area (Å²) in [6, 6.07) is 1.51. The van der Waals surface area contributed by atoms with E-state index in [0.717, 1.165) is 0 Å². The van der Waals surface area contributed by atoms with E-state index in [9.17, 15) is 4.39 Å². The Kier molecular flexibility index (Phi) is 2.44. The van der Waals surface area contributed by atoms with Crippen LogP contribution in [0.5, 0.6) is 0 Å². The summed E-state index contributed by atoms with van der Waals surface area (Å²) in [6.45, 7) is 3.46. The Bertz CT molecular complexity index is 491. The van der Waals surface area contributed by atoms with Crippen LogP contribution in [0.2, 0.25) is 5.02 Å². The molecular formula is C10H8ClFN2O. The average Bonchev–Trinajstić information content (AvgIpc) is 2.51. The van der Waals surface area contributed by atoms with Crippen molar-refractivity contribution in [1.82, 2.24) is 10.1 Å². The zero-order valence-electron chi connectivity index (χ0n) is 8.21. The van der Waals surface area contributed by atoms with Gasteiger partial charge in [0.1, 0.15) is 5.76 Å². The van der Waals surface area contributed by atoms with Gasteiger partial charge in [-0.15, -0.1) is 0 Å². The number of pyridine rings is 1. The predicted molar refractivity (Wildman–Crippen MR) is 54.2 cm³/mol. The molecule has 0 saturated heterocycles. The highest BCUT2D eigenvalue weighted by Gasteiger charge is 2.16. The third-order valence-electron chi connectivity index (χ3n) is 2.11. The Morgan fingerprint density at radius 2 is 2.13 bits per heavy atom. The Hall–Kier alpha value is -1.42.